The zero-order chi connectivity index (χ0) is 23.4. The average Bonchev–Trinajstić information content (AvgIpc) is 3.13. The number of hydrogen-bond donors (Lipinski definition) is 6. The second-order valence-corrected chi connectivity index (χ2v) is 9.61. The van der Waals surface area contributed by atoms with Gasteiger partial charge in [0.15, 0.2) is 0 Å². The summed E-state index contributed by atoms with van der Waals surface area (Å²) in [5.74, 6) is -1.95. The maximum Gasteiger partial charge on any atom is 0.326 e. The number of fused-ring (bicyclic) bond motifs is 1. The number of nitrogen functional groups attached to an aromatic ring is 2. The number of H-pyrrole nitrogens is 1. The fourth-order valence-corrected chi connectivity index (χ4v) is 5.71. The van der Waals surface area contributed by atoms with Crippen LogP contribution in [0.1, 0.15) is 39.4 Å². The van der Waals surface area contributed by atoms with Crippen LogP contribution in [0.15, 0.2) is 15.8 Å². The van der Waals surface area contributed by atoms with Gasteiger partial charge in [0.2, 0.25) is 5.95 Å². The van der Waals surface area contributed by atoms with E-state index >= 15 is 0 Å². The monoisotopic (exact) mass is 481 g/mol. The summed E-state index contributed by atoms with van der Waals surface area (Å²) in [6.07, 6.45) is 1.81. The van der Waals surface area contributed by atoms with Crippen LogP contribution in [0.3, 0.4) is 0 Å². The first kappa shape index (κ1) is 23.6. The number of hydrogen-bond acceptors (Lipinski definition) is 9. The smallest absolute Gasteiger partial charge is 0.326 e. The number of aromatic nitrogens is 2. The minimum Gasteiger partial charge on any atom is -0.481 e. The molecule has 1 aliphatic rings. The molecule has 3 rings (SSSR count). The van der Waals surface area contributed by atoms with Crippen molar-refractivity contribution in [3.63, 3.8) is 0 Å². The molecule has 32 heavy (non-hydrogen) atoms. The predicted octanol–water partition coefficient (Wildman–Crippen LogP) is 0.941. The number of amides is 1. The Morgan fingerprint density at radius 2 is 2.09 bits per heavy atom. The highest BCUT2D eigenvalue weighted by atomic mass is 32.2. The van der Waals surface area contributed by atoms with Gasteiger partial charge >= 0.3 is 11.9 Å². The van der Waals surface area contributed by atoms with Crippen LogP contribution in [-0.4, -0.2) is 49.8 Å². The number of carboxylic acids is 2. The Balaban J connectivity index is 1.62. The van der Waals surface area contributed by atoms with E-state index in [1.54, 1.807) is 6.07 Å². The summed E-state index contributed by atoms with van der Waals surface area (Å²) in [4.78, 5) is 54.7. The van der Waals surface area contributed by atoms with Crippen LogP contribution in [0.2, 0.25) is 0 Å². The van der Waals surface area contributed by atoms with Crippen molar-refractivity contribution in [2.24, 2.45) is 5.92 Å². The van der Waals surface area contributed by atoms with E-state index in [9.17, 15) is 24.3 Å². The third-order valence-electron chi connectivity index (χ3n) is 5.05. The highest BCUT2D eigenvalue weighted by Gasteiger charge is 2.26. The van der Waals surface area contributed by atoms with Crippen LogP contribution in [0.4, 0.5) is 11.8 Å². The second-order valence-electron chi connectivity index (χ2n) is 7.44. The van der Waals surface area contributed by atoms with Crippen molar-refractivity contribution in [2.45, 2.75) is 43.0 Å². The molecule has 172 valence electrons. The molecule has 2 aromatic rings. The number of thioether (sulfide) groups is 1. The standard InChI is InChI=1S/C19H23N5O6S2/c20-15-14(17(28)24-19(21)23-15)31-7-8-1-2-9-6-12(32-11(9)5-8)16(27)22-10(18(29)30)3-4-13(25)26/h6,8,10H,1-5,7H2,(H,22,27)(H,25,26)(H,29,30)(H5,20,21,23,24,28)/t8?,10-/m0/s1. The Morgan fingerprint density at radius 3 is 2.75 bits per heavy atom. The van der Waals surface area contributed by atoms with Crippen LogP contribution in [0.5, 0.6) is 0 Å². The summed E-state index contributed by atoms with van der Waals surface area (Å²) >= 11 is 2.62. The number of nitrogens with two attached hydrogens (primary N) is 2. The molecule has 1 aliphatic carbocycles. The summed E-state index contributed by atoms with van der Waals surface area (Å²) < 4.78 is 0. The fourth-order valence-electron chi connectivity index (χ4n) is 3.42. The third-order valence-corrected chi connectivity index (χ3v) is 7.57. The SMILES string of the molecule is Nc1nc(N)c(SCC2CCc3cc(C(=O)N[C@@H](CCC(=O)O)C(=O)O)sc3C2)c(=O)[nH]1. The van der Waals surface area contributed by atoms with Crippen LogP contribution >= 0.6 is 23.1 Å². The number of nitrogens with zero attached hydrogens (tertiary/aromatic N) is 1. The van der Waals surface area contributed by atoms with E-state index in [-0.39, 0.29) is 36.1 Å². The molecule has 13 heteroatoms. The van der Waals surface area contributed by atoms with Crippen molar-refractivity contribution < 1.29 is 24.6 Å². The molecule has 0 radical (unpaired) electrons. The summed E-state index contributed by atoms with van der Waals surface area (Å²) in [6, 6.07) is 0.500. The van der Waals surface area contributed by atoms with Crippen LogP contribution in [0.25, 0.3) is 0 Å². The lowest BCUT2D eigenvalue weighted by Crippen LogP contribution is -2.40. The number of rotatable bonds is 9. The lowest BCUT2D eigenvalue weighted by atomic mass is 9.90. The molecule has 2 heterocycles. The van der Waals surface area contributed by atoms with Crippen LogP contribution in [-0.2, 0) is 22.4 Å². The molecule has 0 saturated heterocycles. The molecular weight excluding hydrogens is 458 g/mol. The molecule has 2 aromatic heterocycles. The normalized spacial score (nSPS) is 16.2. The Labute approximate surface area is 190 Å². The van der Waals surface area contributed by atoms with Gasteiger partial charge in [-0.3, -0.25) is 19.4 Å². The number of thiophene rings is 1. The maximum atomic E-state index is 12.5. The zero-order valence-corrected chi connectivity index (χ0v) is 18.6. The molecule has 2 atom stereocenters. The highest BCUT2D eigenvalue weighted by Crippen LogP contribution is 2.35. The van der Waals surface area contributed by atoms with Gasteiger partial charge in [-0.05, 0) is 43.2 Å². The summed E-state index contributed by atoms with van der Waals surface area (Å²) in [7, 11) is 0. The minimum absolute atomic E-state index is 0.0309. The first-order valence-electron chi connectivity index (χ1n) is 9.79. The van der Waals surface area contributed by atoms with Crippen molar-refractivity contribution in [1.82, 2.24) is 15.3 Å². The minimum atomic E-state index is -1.27. The zero-order valence-electron chi connectivity index (χ0n) is 16.9. The number of carbonyl (C=O) groups is 3. The van der Waals surface area contributed by atoms with Gasteiger partial charge in [0, 0.05) is 17.1 Å². The number of carbonyl (C=O) groups excluding carboxylic acids is 1. The number of aromatic amines is 1. The van der Waals surface area contributed by atoms with Gasteiger partial charge in [0.05, 0.1) is 4.88 Å². The maximum absolute atomic E-state index is 12.5. The van der Waals surface area contributed by atoms with E-state index in [1.165, 1.54) is 23.1 Å². The number of aliphatic carboxylic acids is 2. The topological polar surface area (TPSA) is 201 Å². The van der Waals surface area contributed by atoms with E-state index in [0.29, 0.717) is 15.5 Å². The molecule has 0 aromatic carbocycles. The van der Waals surface area contributed by atoms with E-state index in [0.717, 1.165) is 29.7 Å². The molecule has 1 amide bonds. The van der Waals surface area contributed by atoms with Crippen molar-refractivity contribution in [3.8, 4) is 0 Å². The molecule has 0 aliphatic heterocycles. The van der Waals surface area contributed by atoms with Crippen molar-refractivity contribution in [3.05, 3.63) is 31.7 Å². The average molecular weight is 482 g/mol. The van der Waals surface area contributed by atoms with Crippen LogP contribution in [0, 0.1) is 5.92 Å². The van der Waals surface area contributed by atoms with Gasteiger partial charge in [-0.2, -0.15) is 4.98 Å². The van der Waals surface area contributed by atoms with Gasteiger partial charge in [-0.1, -0.05) is 0 Å². The highest BCUT2D eigenvalue weighted by molar-refractivity contribution is 7.99. The van der Waals surface area contributed by atoms with Gasteiger partial charge in [-0.15, -0.1) is 23.1 Å². The third kappa shape index (κ3) is 5.79. The molecule has 8 N–H and O–H groups in total. The lowest BCUT2D eigenvalue weighted by Gasteiger charge is -2.21. The van der Waals surface area contributed by atoms with Gasteiger partial charge in [0.1, 0.15) is 16.8 Å². The van der Waals surface area contributed by atoms with E-state index in [1.807, 2.05) is 0 Å². The second kappa shape index (κ2) is 10.0. The lowest BCUT2D eigenvalue weighted by molar-refractivity contribution is -0.140. The largest absolute Gasteiger partial charge is 0.481 e. The Kier molecular flexibility index (Phi) is 7.40. The van der Waals surface area contributed by atoms with Gasteiger partial charge < -0.3 is 27.0 Å². The molecule has 0 saturated carbocycles. The van der Waals surface area contributed by atoms with Gasteiger partial charge in [0.25, 0.3) is 11.5 Å². The first-order chi connectivity index (χ1) is 15.1. The van der Waals surface area contributed by atoms with Gasteiger partial charge in [-0.25, -0.2) is 4.79 Å². The fraction of sp³-hybridized carbons (Fsp3) is 0.421. The number of aryl methyl sites for hydroxylation is 1. The van der Waals surface area contributed by atoms with E-state index < -0.39 is 23.9 Å². The molecule has 11 nitrogen and oxygen atoms in total. The summed E-state index contributed by atoms with van der Waals surface area (Å²) in [6.45, 7) is 0. The summed E-state index contributed by atoms with van der Waals surface area (Å²) in [5, 5.41) is 20.4. The molecule has 0 spiro atoms. The number of nitrogens with one attached hydrogen (secondary N) is 2. The molecule has 1 unspecified atom stereocenters. The Hall–Kier alpha value is -3.06. The van der Waals surface area contributed by atoms with Crippen molar-refractivity contribution >= 4 is 52.7 Å². The quantitative estimate of drug-likeness (QED) is 0.280. The Morgan fingerprint density at radius 1 is 1.34 bits per heavy atom. The number of anilines is 2. The first-order valence-corrected chi connectivity index (χ1v) is 11.6. The van der Waals surface area contributed by atoms with E-state index in [2.05, 4.69) is 15.3 Å². The molecule has 0 bridgehead atoms. The summed E-state index contributed by atoms with van der Waals surface area (Å²) in [5.41, 5.74) is 12.0. The predicted molar refractivity (Wildman–Crippen MR) is 120 cm³/mol. The Bertz CT molecular complexity index is 1100. The van der Waals surface area contributed by atoms with Crippen molar-refractivity contribution in [1.29, 1.82) is 0 Å². The number of carboxylic acid groups (broad SMARTS) is 2. The molecular formula is C19H23N5O6S2. The van der Waals surface area contributed by atoms with Crippen LogP contribution < -0.4 is 22.3 Å². The molecule has 0 fully saturated rings. The van der Waals surface area contributed by atoms with E-state index in [4.69, 9.17) is 16.6 Å². The van der Waals surface area contributed by atoms with Crippen molar-refractivity contribution in [2.75, 3.05) is 17.2 Å².